The maximum Gasteiger partial charge on any atom is 0.155 e. The molecule has 0 fully saturated rings. The molecule has 0 saturated carbocycles. The Bertz CT molecular complexity index is 3330. The van der Waals surface area contributed by atoms with E-state index in [0.717, 1.165) is 71.8 Å². The van der Waals surface area contributed by atoms with Crippen LogP contribution in [0.15, 0.2) is 178 Å². The lowest BCUT2D eigenvalue weighted by Gasteiger charge is -2.31. The summed E-state index contributed by atoms with van der Waals surface area (Å²) in [5.74, 6) is 2.21. The first-order chi connectivity index (χ1) is 29.7. The summed E-state index contributed by atoms with van der Waals surface area (Å²) in [6, 6.07) is 50.6. The van der Waals surface area contributed by atoms with E-state index in [4.69, 9.17) is 14.4 Å². The van der Waals surface area contributed by atoms with Gasteiger partial charge in [0, 0.05) is 55.4 Å². The highest BCUT2D eigenvalue weighted by Gasteiger charge is 2.37. The van der Waals surface area contributed by atoms with Crippen LogP contribution in [0.3, 0.4) is 0 Å². The highest BCUT2D eigenvalue weighted by atomic mass is 16.3. The highest BCUT2D eigenvalue weighted by Crippen LogP contribution is 2.46. The lowest BCUT2D eigenvalue weighted by molar-refractivity contribution is 0.367. The van der Waals surface area contributed by atoms with Gasteiger partial charge in [-0.3, -0.25) is 4.99 Å². The van der Waals surface area contributed by atoms with Gasteiger partial charge in [0.15, 0.2) is 5.84 Å². The van der Waals surface area contributed by atoms with Gasteiger partial charge in [-0.15, -0.1) is 0 Å². The van der Waals surface area contributed by atoms with Crippen LogP contribution in [0.4, 0.5) is 0 Å². The van der Waals surface area contributed by atoms with Crippen molar-refractivity contribution in [3.05, 3.63) is 186 Å². The molecule has 1 aliphatic heterocycles. The standard InChI is InChI=1S/C55H44N4O/c1-2-35-34-45(36-17-5-3-6-18-36)56-55(57-53(35)44-26-16-30-50-51(44)43-25-11-14-29-49(43)60-50)37-19-15-22-39(33-37)59-46-27-12-9-23-40(46)41-31-32-48-52(54(41)59)42-24-10-13-28-47(42)58(48)38-20-7-4-8-21-38/h3,5-7,9-25,27-33,35,44,53H,2,4,8,26,34H2,1H3/t35?,44?,53-/m1/s1. The van der Waals surface area contributed by atoms with Gasteiger partial charge in [-0.05, 0) is 85.7 Å². The van der Waals surface area contributed by atoms with Crippen molar-refractivity contribution in [1.29, 1.82) is 0 Å². The lowest BCUT2D eigenvalue weighted by Crippen LogP contribution is -2.28. The second-order valence-electron chi connectivity index (χ2n) is 16.6. The molecule has 3 atom stereocenters. The molecule has 4 heterocycles. The second kappa shape index (κ2) is 14.1. The smallest absolute Gasteiger partial charge is 0.155 e. The quantitative estimate of drug-likeness (QED) is 0.166. The fraction of sp³-hybridized carbons (Fsp3) is 0.164. The molecular weight excluding hydrogens is 733 g/mol. The normalized spacial score (nSPS) is 19.2. The van der Waals surface area contributed by atoms with Crippen molar-refractivity contribution in [2.45, 2.75) is 51.0 Å². The van der Waals surface area contributed by atoms with Crippen LogP contribution in [0.2, 0.25) is 0 Å². The molecule has 9 aromatic rings. The van der Waals surface area contributed by atoms with Gasteiger partial charge in [-0.2, -0.15) is 0 Å². The number of aliphatic imine (C=N–C) groups is 2. The number of amidine groups is 1. The van der Waals surface area contributed by atoms with Crippen molar-refractivity contribution >= 4 is 77.9 Å². The molecular formula is C55H44N4O. The molecule has 5 heteroatoms. The monoisotopic (exact) mass is 776 g/mol. The SMILES string of the molecule is CCC1CC(c2ccccc2)=NC(c2cccc(-n3c4ccccc4c4ccc5c(c6ccccc6n5C5=CCCC=C5)c43)c2)=N[C@H]1C1CC=Cc2oc3ccccc3c21. The fourth-order valence-corrected chi connectivity index (χ4v) is 10.5. The van der Waals surface area contributed by atoms with Gasteiger partial charge >= 0.3 is 0 Å². The topological polar surface area (TPSA) is 47.7 Å². The van der Waals surface area contributed by atoms with Crippen molar-refractivity contribution in [1.82, 2.24) is 9.13 Å². The number of fused-ring (bicyclic) bond motifs is 10. The number of aromatic nitrogens is 2. The molecule has 0 spiro atoms. The molecule has 290 valence electrons. The average Bonchev–Trinajstić information content (AvgIpc) is 3.92. The third kappa shape index (κ3) is 5.45. The number of hydrogen-bond donors (Lipinski definition) is 0. The van der Waals surface area contributed by atoms with E-state index in [0.29, 0.717) is 5.92 Å². The third-order valence-electron chi connectivity index (χ3n) is 13.3. The van der Waals surface area contributed by atoms with Gasteiger partial charge in [-0.1, -0.05) is 135 Å². The van der Waals surface area contributed by atoms with Crippen molar-refractivity contribution in [3.8, 4) is 5.69 Å². The molecule has 60 heavy (non-hydrogen) atoms. The van der Waals surface area contributed by atoms with Gasteiger partial charge in [0.05, 0.1) is 33.8 Å². The van der Waals surface area contributed by atoms with Crippen molar-refractivity contribution < 1.29 is 4.42 Å². The van der Waals surface area contributed by atoms with Gasteiger partial charge < -0.3 is 13.6 Å². The zero-order valence-electron chi connectivity index (χ0n) is 33.6. The van der Waals surface area contributed by atoms with Crippen molar-refractivity contribution in [2.24, 2.45) is 15.9 Å². The summed E-state index contributed by atoms with van der Waals surface area (Å²) in [4.78, 5) is 11.4. The van der Waals surface area contributed by atoms with Crippen LogP contribution < -0.4 is 0 Å². The average molecular weight is 777 g/mol. The Labute approximate surface area is 349 Å². The van der Waals surface area contributed by atoms with Crippen LogP contribution in [0.5, 0.6) is 0 Å². The molecule has 0 bridgehead atoms. The molecule has 2 unspecified atom stereocenters. The number of rotatable bonds is 6. The van der Waals surface area contributed by atoms with Gasteiger partial charge in [0.25, 0.3) is 0 Å². The Morgan fingerprint density at radius 3 is 2.25 bits per heavy atom. The molecule has 12 rings (SSSR count). The van der Waals surface area contributed by atoms with E-state index in [1.165, 1.54) is 60.3 Å². The van der Waals surface area contributed by atoms with Crippen LogP contribution >= 0.6 is 0 Å². The summed E-state index contributed by atoms with van der Waals surface area (Å²) in [7, 11) is 0. The van der Waals surface area contributed by atoms with Crippen molar-refractivity contribution in [3.63, 3.8) is 0 Å². The lowest BCUT2D eigenvalue weighted by atomic mass is 9.76. The number of furan rings is 1. The maximum atomic E-state index is 6.46. The Balaban J connectivity index is 1.09. The zero-order chi connectivity index (χ0) is 39.7. The predicted molar refractivity (Wildman–Crippen MR) is 251 cm³/mol. The number of hydrogen-bond acceptors (Lipinski definition) is 3. The molecule has 5 nitrogen and oxygen atoms in total. The van der Waals surface area contributed by atoms with Gasteiger partial charge in [-0.25, -0.2) is 4.99 Å². The first-order valence-electron chi connectivity index (χ1n) is 21.6. The summed E-state index contributed by atoms with van der Waals surface area (Å²) >= 11 is 0. The Morgan fingerprint density at radius 2 is 1.42 bits per heavy atom. The molecule has 0 amide bonds. The Morgan fingerprint density at radius 1 is 0.650 bits per heavy atom. The molecule has 3 aromatic heterocycles. The number of allylic oxidation sites excluding steroid dienone is 5. The Hall–Kier alpha value is -6.98. The molecule has 2 aliphatic carbocycles. The van der Waals surface area contributed by atoms with E-state index in [-0.39, 0.29) is 12.0 Å². The van der Waals surface area contributed by atoms with E-state index in [9.17, 15) is 0 Å². The first kappa shape index (κ1) is 35.0. The van der Waals surface area contributed by atoms with Crippen LogP contribution in [-0.2, 0) is 0 Å². The fourth-order valence-electron chi connectivity index (χ4n) is 10.5. The number of nitrogens with zero attached hydrogens (tertiary/aromatic N) is 4. The van der Waals surface area contributed by atoms with Crippen molar-refractivity contribution in [2.75, 3.05) is 0 Å². The summed E-state index contributed by atoms with van der Waals surface area (Å²) in [6.45, 7) is 2.32. The molecule has 3 aliphatic rings. The summed E-state index contributed by atoms with van der Waals surface area (Å²) in [5.41, 5.74) is 12.7. The molecule has 0 N–H and O–H groups in total. The third-order valence-corrected chi connectivity index (χ3v) is 13.3. The van der Waals surface area contributed by atoms with Gasteiger partial charge in [0.1, 0.15) is 11.3 Å². The van der Waals surface area contributed by atoms with E-state index < -0.39 is 0 Å². The van der Waals surface area contributed by atoms with E-state index in [1.54, 1.807) is 0 Å². The van der Waals surface area contributed by atoms with Crippen LogP contribution in [-0.4, -0.2) is 26.7 Å². The summed E-state index contributed by atoms with van der Waals surface area (Å²) in [5, 5.41) is 6.20. The summed E-state index contributed by atoms with van der Waals surface area (Å²) < 4.78 is 11.4. The second-order valence-corrected chi connectivity index (χ2v) is 16.6. The maximum absolute atomic E-state index is 6.46. The van der Waals surface area contributed by atoms with E-state index in [1.807, 2.05) is 0 Å². The minimum absolute atomic E-state index is 0.00505. The minimum atomic E-state index is 0.00505. The van der Waals surface area contributed by atoms with Crippen LogP contribution in [0.25, 0.3) is 72.0 Å². The largest absolute Gasteiger partial charge is 0.456 e. The van der Waals surface area contributed by atoms with E-state index >= 15 is 0 Å². The minimum Gasteiger partial charge on any atom is -0.456 e. The molecule has 6 aromatic carbocycles. The van der Waals surface area contributed by atoms with Crippen LogP contribution in [0.1, 0.15) is 67.4 Å². The number of benzene rings is 6. The molecule has 0 saturated heterocycles. The van der Waals surface area contributed by atoms with E-state index in [2.05, 4.69) is 186 Å². The first-order valence-corrected chi connectivity index (χ1v) is 21.6. The highest BCUT2D eigenvalue weighted by molar-refractivity contribution is 6.26. The zero-order valence-corrected chi connectivity index (χ0v) is 33.6. The Kier molecular flexibility index (Phi) is 8.22. The van der Waals surface area contributed by atoms with Crippen LogP contribution in [0, 0.1) is 5.92 Å². The number of para-hydroxylation sites is 3. The van der Waals surface area contributed by atoms with Gasteiger partial charge in [0.2, 0.25) is 0 Å². The molecule has 0 radical (unpaired) electrons. The predicted octanol–water partition coefficient (Wildman–Crippen LogP) is 14.1. The summed E-state index contributed by atoms with van der Waals surface area (Å²) in [6.07, 6.45) is 16.3.